The molecule has 6 heteroatoms. The van der Waals surface area contributed by atoms with Gasteiger partial charge in [0.15, 0.2) is 0 Å². The van der Waals surface area contributed by atoms with E-state index in [1.54, 1.807) is 16.9 Å². The summed E-state index contributed by atoms with van der Waals surface area (Å²) in [5.41, 5.74) is 2.64. The Labute approximate surface area is 116 Å². The van der Waals surface area contributed by atoms with E-state index in [1.807, 2.05) is 25.3 Å². The van der Waals surface area contributed by atoms with Gasteiger partial charge in [-0.15, -0.1) is 0 Å². The van der Waals surface area contributed by atoms with Crippen molar-refractivity contribution in [3.05, 3.63) is 41.2 Å². The molecule has 0 spiro atoms. The highest BCUT2D eigenvalue weighted by molar-refractivity contribution is 6.32. The summed E-state index contributed by atoms with van der Waals surface area (Å²) in [6, 6.07) is 5.46. The second kappa shape index (κ2) is 6.06. The fourth-order valence-electron chi connectivity index (χ4n) is 1.65. The van der Waals surface area contributed by atoms with E-state index in [4.69, 9.17) is 16.7 Å². The molecule has 1 unspecified atom stereocenters. The molecule has 0 aliphatic rings. The number of nitrogens with one attached hydrogen (secondary N) is 1. The Balaban J connectivity index is 2.13. The molecular weight excluding hydrogens is 266 g/mol. The van der Waals surface area contributed by atoms with Crippen LogP contribution in [0.2, 0.25) is 5.02 Å². The fourth-order valence-corrected chi connectivity index (χ4v) is 1.91. The normalized spacial score (nSPS) is 12.4. The van der Waals surface area contributed by atoms with Crippen LogP contribution in [0.1, 0.15) is 5.56 Å². The lowest BCUT2D eigenvalue weighted by molar-refractivity contribution is 0.105. The quantitative estimate of drug-likeness (QED) is 0.779. The minimum atomic E-state index is -0.785. The van der Waals surface area contributed by atoms with Crippen LogP contribution in [0.15, 0.2) is 30.6 Å². The molecule has 0 radical (unpaired) electrons. The maximum absolute atomic E-state index is 9.26. The van der Waals surface area contributed by atoms with Crippen molar-refractivity contribution in [3.63, 3.8) is 0 Å². The Kier molecular flexibility index (Phi) is 4.42. The SMILES string of the molecule is Cc1cnn(-c2ccc(NCC(O)CO)cc2Cl)c1. The monoisotopic (exact) mass is 281 g/mol. The molecule has 19 heavy (non-hydrogen) atoms. The summed E-state index contributed by atoms with van der Waals surface area (Å²) in [6.45, 7) is 1.96. The first-order valence-electron chi connectivity index (χ1n) is 5.94. The lowest BCUT2D eigenvalue weighted by Gasteiger charge is -2.12. The van der Waals surface area contributed by atoms with Crippen molar-refractivity contribution in [2.45, 2.75) is 13.0 Å². The highest BCUT2D eigenvalue weighted by atomic mass is 35.5. The van der Waals surface area contributed by atoms with Crippen LogP contribution in [0.4, 0.5) is 5.69 Å². The van der Waals surface area contributed by atoms with Crippen molar-refractivity contribution in [3.8, 4) is 5.69 Å². The van der Waals surface area contributed by atoms with E-state index in [1.165, 1.54) is 0 Å². The van der Waals surface area contributed by atoms with Gasteiger partial charge in [0.05, 0.1) is 29.6 Å². The molecular formula is C13H16ClN3O2. The molecule has 0 fully saturated rings. The Hall–Kier alpha value is -1.56. The van der Waals surface area contributed by atoms with Crippen molar-refractivity contribution in [2.75, 3.05) is 18.5 Å². The number of aromatic nitrogens is 2. The van der Waals surface area contributed by atoms with Gasteiger partial charge in [0.1, 0.15) is 0 Å². The van der Waals surface area contributed by atoms with Gasteiger partial charge >= 0.3 is 0 Å². The Morgan fingerprint density at radius 2 is 2.26 bits per heavy atom. The van der Waals surface area contributed by atoms with Crippen LogP contribution in [0.5, 0.6) is 0 Å². The first-order valence-corrected chi connectivity index (χ1v) is 6.32. The maximum atomic E-state index is 9.26. The number of hydrogen-bond acceptors (Lipinski definition) is 4. The van der Waals surface area contributed by atoms with Gasteiger partial charge in [-0.1, -0.05) is 11.6 Å². The predicted molar refractivity (Wildman–Crippen MR) is 74.9 cm³/mol. The molecule has 0 saturated heterocycles. The van der Waals surface area contributed by atoms with E-state index in [2.05, 4.69) is 10.4 Å². The molecule has 0 saturated carbocycles. The molecule has 2 aromatic rings. The van der Waals surface area contributed by atoms with E-state index in [0.29, 0.717) is 5.02 Å². The summed E-state index contributed by atoms with van der Waals surface area (Å²) in [5, 5.41) is 25.8. The zero-order chi connectivity index (χ0) is 13.8. The summed E-state index contributed by atoms with van der Waals surface area (Å²) in [5.74, 6) is 0. The molecule has 1 atom stereocenters. The van der Waals surface area contributed by atoms with Gasteiger partial charge in [-0.05, 0) is 30.7 Å². The minimum Gasteiger partial charge on any atom is -0.394 e. The fraction of sp³-hybridized carbons (Fsp3) is 0.308. The van der Waals surface area contributed by atoms with E-state index >= 15 is 0 Å². The molecule has 1 aromatic carbocycles. The van der Waals surface area contributed by atoms with Crippen LogP contribution < -0.4 is 5.32 Å². The van der Waals surface area contributed by atoms with Crippen LogP contribution in [-0.2, 0) is 0 Å². The topological polar surface area (TPSA) is 70.3 Å². The highest BCUT2D eigenvalue weighted by Crippen LogP contribution is 2.24. The van der Waals surface area contributed by atoms with Crippen LogP contribution in [-0.4, -0.2) is 39.2 Å². The maximum Gasteiger partial charge on any atom is 0.0942 e. The average Bonchev–Trinajstić information content (AvgIpc) is 2.82. The minimum absolute atomic E-state index is 0.271. The van der Waals surface area contributed by atoms with Crippen molar-refractivity contribution in [1.82, 2.24) is 9.78 Å². The summed E-state index contributed by atoms with van der Waals surface area (Å²) < 4.78 is 1.71. The van der Waals surface area contributed by atoms with E-state index in [0.717, 1.165) is 16.9 Å². The molecule has 0 bridgehead atoms. The molecule has 2 rings (SSSR count). The third-order valence-electron chi connectivity index (χ3n) is 2.66. The number of anilines is 1. The smallest absolute Gasteiger partial charge is 0.0942 e. The number of nitrogens with zero attached hydrogens (tertiary/aromatic N) is 2. The van der Waals surface area contributed by atoms with Crippen molar-refractivity contribution >= 4 is 17.3 Å². The van der Waals surface area contributed by atoms with Crippen LogP contribution in [0.3, 0.4) is 0 Å². The van der Waals surface area contributed by atoms with Gasteiger partial charge in [0.2, 0.25) is 0 Å². The van der Waals surface area contributed by atoms with Gasteiger partial charge in [0.25, 0.3) is 0 Å². The highest BCUT2D eigenvalue weighted by Gasteiger charge is 2.06. The number of benzene rings is 1. The molecule has 0 aliphatic heterocycles. The predicted octanol–water partition coefficient (Wildman–Crippen LogP) is 1.60. The Bertz CT molecular complexity index is 557. The third-order valence-corrected chi connectivity index (χ3v) is 2.96. The largest absolute Gasteiger partial charge is 0.394 e. The molecule has 0 amide bonds. The standard InChI is InChI=1S/C13H16ClN3O2/c1-9-5-16-17(7-9)13-3-2-10(4-12(13)14)15-6-11(19)8-18/h2-5,7,11,15,18-19H,6,8H2,1H3. The van der Waals surface area contributed by atoms with Crippen LogP contribution >= 0.6 is 11.6 Å². The molecule has 3 N–H and O–H groups in total. The van der Waals surface area contributed by atoms with E-state index in [-0.39, 0.29) is 13.2 Å². The molecule has 5 nitrogen and oxygen atoms in total. The van der Waals surface area contributed by atoms with Crippen LogP contribution in [0, 0.1) is 6.92 Å². The molecule has 102 valence electrons. The zero-order valence-electron chi connectivity index (χ0n) is 10.5. The Morgan fingerprint density at radius 1 is 1.47 bits per heavy atom. The number of rotatable bonds is 5. The molecule has 1 heterocycles. The van der Waals surface area contributed by atoms with Gasteiger partial charge < -0.3 is 15.5 Å². The Morgan fingerprint density at radius 3 is 2.84 bits per heavy atom. The second-order valence-electron chi connectivity index (χ2n) is 4.35. The van der Waals surface area contributed by atoms with Gasteiger partial charge in [-0.2, -0.15) is 5.10 Å². The summed E-state index contributed by atoms with van der Waals surface area (Å²) in [7, 11) is 0. The van der Waals surface area contributed by atoms with Crippen molar-refractivity contribution in [1.29, 1.82) is 0 Å². The van der Waals surface area contributed by atoms with Gasteiger partial charge in [-0.25, -0.2) is 4.68 Å². The van der Waals surface area contributed by atoms with E-state index in [9.17, 15) is 5.11 Å². The van der Waals surface area contributed by atoms with Crippen molar-refractivity contribution < 1.29 is 10.2 Å². The third kappa shape index (κ3) is 3.47. The number of aliphatic hydroxyl groups excluding tert-OH is 2. The number of hydrogen-bond donors (Lipinski definition) is 3. The van der Waals surface area contributed by atoms with E-state index < -0.39 is 6.10 Å². The molecule has 0 aliphatic carbocycles. The first kappa shape index (κ1) is 13.9. The van der Waals surface area contributed by atoms with Crippen LogP contribution in [0.25, 0.3) is 5.69 Å². The molecule has 1 aromatic heterocycles. The summed E-state index contributed by atoms with van der Waals surface area (Å²) in [4.78, 5) is 0. The number of halogens is 1. The first-order chi connectivity index (χ1) is 9.10. The van der Waals surface area contributed by atoms with Crippen molar-refractivity contribution in [2.24, 2.45) is 0 Å². The number of aryl methyl sites for hydroxylation is 1. The lowest BCUT2D eigenvalue weighted by atomic mass is 10.2. The summed E-state index contributed by atoms with van der Waals surface area (Å²) >= 11 is 6.21. The second-order valence-corrected chi connectivity index (χ2v) is 4.75. The summed E-state index contributed by atoms with van der Waals surface area (Å²) in [6.07, 6.45) is 2.87. The van der Waals surface area contributed by atoms with Gasteiger partial charge in [0, 0.05) is 18.4 Å². The lowest BCUT2D eigenvalue weighted by Crippen LogP contribution is -2.22. The average molecular weight is 282 g/mol. The zero-order valence-corrected chi connectivity index (χ0v) is 11.3. The number of aliphatic hydroxyl groups is 2. The van der Waals surface area contributed by atoms with Gasteiger partial charge in [-0.3, -0.25) is 0 Å².